The van der Waals surface area contributed by atoms with Crippen LogP contribution in [0.4, 0.5) is 0 Å². The Hall–Kier alpha value is -6.52. The molecule has 0 unspecified atom stereocenters. The van der Waals surface area contributed by atoms with Crippen molar-refractivity contribution in [3.8, 4) is 33.9 Å². The minimum Gasteiger partial charge on any atom is -0.309 e. The molecule has 3 heterocycles. The van der Waals surface area contributed by atoms with E-state index in [9.17, 15) is 0 Å². The summed E-state index contributed by atoms with van der Waals surface area (Å²) in [4.78, 5) is 10.8. The maximum atomic E-state index is 5.47. The molecular formula is C44H28N4. The Kier molecular flexibility index (Phi) is 5.84. The third kappa shape index (κ3) is 3.96. The molecule has 0 fully saturated rings. The predicted molar refractivity (Wildman–Crippen MR) is 199 cm³/mol. The third-order valence-corrected chi connectivity index (χ3v) is 9.49. The van der Waals surface area contributed by atoms with Gasteiger partial charge in [0.15, 0.2) is 0 Å². The lowest BCUT2D eigenvalue weighted by Gasteiger charge is -2.15. The smallest absolute Gasteiger partial charge is 0.113 e. The maximum absolute atomic E-state index is 5.47. The van der Waals surface area contributed by atoms with E-state index in [-0.39, 0.29) is 0 Å². The van der Waals surface area contributed by atoms with Gasteiger partial charge in [0, 0.05) is 38.4 Å². The van der Waals surface area contributed by atoms with Gasteiger partial charge < -0.3 is 9.13 Å². The van der Waals surface area contributed by atoms with E-state index in [1.54, 1.807) is 0 Å². The van der Waals surface area contributed by atoms with Gasteiger partial charge in [-0.05, 0) is 48.5 Å². The first-order valence-corrected chi connectivity index (χ1v) is 16.3. The highest BCUT2D eigenvalue weighted by Gasteiger charge is 2.21. The van der Waals surface area contributed by atoms with Gasteiger partial charge in [-0.15, -0.1) is 0 Å². The molecule has 0 aliphatic carbocycles. The summed E-state index contributed by atoms with van der Waals surface area (Å²) in [7, 11) is 0. The van der Waals surface area contributed by atoms with Crippen molar-refractivity contribution < 1.29 is 0 Å². The molecule has 0 aliphatic heterocycles. The first kappa shape index (κ1) is 26.7. The molecular weight excluding hydrogens is 585 g/mol. The molecule has 10 rings (SSSR count). The molecule has 4 heteroatoms. The van der Waals surface area contributed by atoms with Crippen molar-refractivity contribution >= 4 is 54.6 Å². The number of rotatable bonds is 4. The van der Waals surface area contributed by atoms with Crippen LogP contribution in [0.5, 0.6) is 0 Å². The van der Waals surface area contributed by atoms with Crippen molar-refractivity contribution in [1.82, 2.24) is 19.1 Å². The zero-order valence-electron chi connectivity index (χ0n) is 26.0. The van der Waals surface area contributed by atoms with E-state index in [0.717, 1.165) is 56.0 Å². The molecule has 0 spiro atoms. The zero-order chi connectivity index (χ0) is 31.6. The summed E-state index contributed by atoms with van der Waals surface area (Å²) in [5, 5.41) is 4.90. The van der Waals surface area contributed by atoms with Crippen molar-refractivity contribution in [3.63, 3.8) is 0 Å². The Morgan fingerprint density at radius 1 is 0.354 bits per heavy atom. The summed E-state index contributed by atoms with van der Waals surface area (Å²) in [6.45, 7) is 0. The molecule has 0 N–H and O–H groups in total. The van der Waals surface area contributed by atoms with Crippen LogP contribution in [0, 0.1) is 0 Å². The van der Waals surface area contributed by atoms with Crippen LogP contribution in [-0.4, -0.2) is 19.1 Å². The van der Waals surface area contributed by atoms with Crippen LogP contribution < -0.4 is 0 Å². The van der Waals surface area contributed by atoms with Crippen LogP contribution in [0.15, 0.2) is 170 Å². The lowest BCUT2D eigenvalue weighted by atomic mass is 10.0. The number of hydrogen-bond acceptors (Lipinski definition) is 2. The van der Waals surface area contributed by atoms with E-state index in [2.05, 4.69) is 167 Å². The summed E-state index contributed by atoms with van der Waals surface area (Å²) >= 11 is 0. The molecule has 0 atom stereocenters. The Morgan fingerprint density at radius 3 is 1.52 bits per heavy atom. The quantitative estimate of drug-likeness (QED) is 0.198. The monoisotopic (exact) mass is 612 g/mol. The second-order valence-corrected chi connectivity index (χ2v) is 12.2. The van der Waals surface area contributed by atoms with Crippen LogP contribution >= 0.6 is 0 Å². The summed E-state index contributed by atoms with van der Waals surface area (Å²) < 4.78 is 4.76. The number of fused-ring (bicyclic) bond motifs is 7. The van der Waals surface area contributed by atoms with Gasteiger partial charge in [-0.3, -0.25) is 0 Å². The van der Waals surface area contributed by atoms with Crippen molar-refractivity contribution in [3.05, 3.63) is 170 Å². The molecule has 0 amide bonds. The molecule has 48 heavy (non-hydrogen) atoms. The van der Waals surface area contributed by atoms with Gasteiger partial charge in [0.1, 0.15) is 5.52 Å². The van der Waals surface area contributed by atoms with E-state index in [1.165, 1.54) is 32.6 Å². The van der Waals surface area contributed by atoms with E-state index in [4.69, 9.17) is 9.97 Å². The minimum absolute atomic E-state index is 0.858. The van der Waals surface area contributed by atoms with Crippen molar-refractivity contribution in [2.75, 3.05) is 0 Å². The van der Waals surface area contributed by atoms with E-state index < -0.39 is 0 Å². The number of hydrogen-bond donors (Lipinski definition) is 0. The number of nitrogens with zero attached hydrogens (tertiary/aromatic N) is 4. The average Bonchev–Trinajstić information content (AvgIpc) is 3.66. The molecule has 0 bridgehead atoms. The Bertz CT molecular complexity index is 2810. The van der Waals surface area contributed by atoms with Gasteiger partial charge in [0.2, 0.25) is 0 Å². The molecule has 3 aromatic heterocycles. The van der Waals surface area contributed by atoms with Crippen LogP contribution in [0.25, 0.3) is 88.5 Å². The summed E-state index contributed by atoms with van der Waals surface area (Å²) in [6, 6.07) is 59.9. The summed E-state index contributed by atoms with van der Waals surface area (Å²) in [5.74, 6) is 0. The third-order valence-electron chi connectivity index (χ3n) is 9.49. The Balaban J connectivity index is 1.33. The van der Waals surface area contributed by atoms with Crippen LogP contribution in [0.2, 0.25) is 0 Å². The SMILES string of the molecule is c1ccc(-c2nc3cccc(-n4c5ccccc5c5cc6c7ccccc7n(-c7ccccc7)c6cc54)c3nc2-c2ccccc2)cc1. The molecule has 0 radical (unpaired) electrons. The van der Waals surface area contributed by atoms with Crippen LogP contribution in [0.3, 0.4) is 0 Å². The normalized spacial score (nSPS) is 11.8. The predicted octanol–water partition coefficient (Wildman–Crippen LogP) is 11.2. The lowest BCUT2D eigenvalue weighted by Crippen LogP contribution is -2.01. The molecule has 0 aliphatic rings. The summed E-state index contributed by atoms with van der Waals surface area (Å²) in [5.41, 5.74) is 12.3. The Morgan fingerprint density at radius 2 is 0.875 bits per heavy atom. The first-order valence-electron chi connectivity index (χ1n) is 16.3. The topological polar surface area (TPSA) is 35.6 Å². The van der Waals surface area contributed by atoms with Gasteiger partial charge in [0.25, 0.3) is 0 Å². The van der Waals surface area contributed by atoms with E-state index in [1.807, 2.05) is 12.1 Å². The minimum atomic E-state index is 0.858. The largest absolute Gasteiger partial charge is 0.309 e. The summed E-state index contributed by atoms with van der Waals surface area (Å²) in [6.07, 6.45) is 0. The van der Waals surface area contributed by atoms with Crippen LogP contribution in [-0.2, 0) is 0 Å². The molecule has 0 saturated carbocycles. The van der Waals surface area contributed by atoms with Crippen LogP contribution in [0.1, 0.15) is 0 Å². The Labute approximate surface area is 276 Å². The fourth-order valence-corrected chi connectivity index (χ4v) is 7.38. The zero-order valence-corrected chi connectivity index (χ0v) is 26.0. The highest BCUT2D eigenvalue weighted by molar-refractivity contribution is 6.19. The second-order valence-electron chi connectivity index (χ2n) is 12.2. The van der Waals surface area contributed by atoms with E-state index in [0.29, 0.717) is 0 Å². The highest BCUT2D eigenvalue weighted by atomic mass is 15.0. The van der Waals surface area contributed by atoms with Crippen molar-refractivity contribution in [2.45, 2.75) is 0 Å². The number of para-hydroxylation sites is 4. The molecule has 224 valence electrons. The molecule has 4 nitrogen and oxygen atoms in total. The molecule has 10 aromatic rings. The van der Waals surface area contributed by atoms with Gasteiger partial charge in [0.05, 0.1) is 44.7 Å². The van der Waals surface area contributed by atoms with Gasteiger partial charge >= 0.3 is 0 Å². The lowest BCUT2D eigenvalue weighted by molar-refractivity contribution is 1.16. The number of benzene rings is 7. The van der Waals surface area contributed by atoms with Crippen molar-refractivity contribution in [2.24, 2.45) is 0 Å². The number of aromatic nitrogens is 4. The van der Waals surface area contributed by atoms with Gasteiger partial charge in [-0.1, -0.05) is 121 Å². The van der Waals surface area contributed by atoms with Gasteiger partial charge in [-0.25, -0.2) is 9.97 Å². The van der Waals surface area contributed by atoms with Crippen molar-refractivity contribution in [1.29, 1.82) is 0 Å². The molecule has 7 aromatic carbocycles. The van der Waals surface area contributed by atoms with E-state index >= 15 is 0 Å². The maximum Gasteiger partial charge on any atom is 0.113 e. The fourth-order valence-electron chi connectivity index (χ4n) is 7.38. The molecule has 0 saturated heterocycles. The second kappa shape index (κ2) is 10.5. The average molecular weight is 613 g/mol. The van der Waals surface area contributed by atoms with Gasteiger partial charge in [-0.2, -0.15) is 0 Å². The fraction of sp³-hybridized carbons (Fsp3) is 0. The standard InChI is InChI=1S/C44H28N4/c1-4-15-29(16-5-1)42-43(30-17-6-2-7-18-30)46-44-36(45-42)23-14-26-39(44)48-38-25-13-11-22-33(38)35-27-34-32-21-10-12-24-37(32)47(40(34)28-41(35)48)31-19-8-3-9-20-31/h1-28H. The first-order chi connectivity index (χ1) is 23.8. The highest BCUT2D eigenvalue weighted by Crippen LogP contribution is 2.41.